The van der Waals surface area contributed by atoms with Gasteiger partial charge in [0.15, 0.2) is 5.11 Å². The molecule has 5 nitrogen and oxygen atoms in total. The van der Waals surface area contributed by atoms with Gasteiger partial charge in [-0.1, -0.05) is 6.07 Å². The first-order chi connectivity index (χ1) is 12.1. The molecule has 25 heavy (non-hydrogen) atoms. The molecule has 1 unspecified atom stereocenters. The first-order valence-corrected chi connectivity index (χ1v) is 9.47. The maximum absolute atomic E-state index is 12.6. The molecule has 1 atom stereocenters. The van der Waals surface area contributed by atoms with E-state index in [9.17, 15) is 4.79 Å². The van der Waals surface area contributed by atoms with Gasteiger partial charge in [0.2, 0.25) is 0 Å². The molecule has 2 aliphatic heterocycles. The van der Waals surface area contributed by atoms with Crippen molar-refractivity contribution in [1.29, 1.82) is 0 Å². The van der Waals surface area contributed by atoms with Crippen LogP contribution in [0.3, 0.4) is 0 Å². The normalized spacial score (nSPS) is 18.5. The number of nitrogens with one attached hydrogen (secondary N) is 2. The Kier molecular flexibility index (Phi) is 4.43. The summed E-state index contributed by atoms with van der Waals surface area (Å²) in [6.45, 7) is 0.835. The molecule has 0 saturated carbocycles. The number of benzene rings is 1. The summed E-state index contributed by atoms with van der Waals surface area (Å²) in [4.78, 5) is 18.9. The first kappa shape index (κ1) is 16.5. The zero-order valence-electron chi connectivity index (χ0n) is 13.5. The SMILES string of the molecule is O=C1c2cccc(NC(=S)Nc3ncccc3Br)c2C2CCCCN12. The molecule has 0 radical (unpaired) electrons. The van der Waals surface area contributed by atoms with E-state index in [4.69, 9.17) is 12.2 Å². The van der Waals surface area contributed by atoms with Crippen LogP contribution in [0, 0.1) is 0 Å². The van der Waals surface area contributed by atoms with Crippen LogP contribution in [0.4, 0.5) is 11.5 Å². The van der Waals surface area contributed by atoms with Gasteiger partial charge in [-0.25, -0.2) is 4.98 Å². The lowest BCUT2D eigenvalue weighted by Crippen LogP contribution is -2.32. The van der Waals surface area contributed by atoms with Crippen LogP contribution in [0.2, 0.25) is 0 Å². The summed E-state index contributed by atoms with van der Waals surface area (Å²) in [6, 6.07) is 9.69. The number of hydrogen-bond donors (Lipinski definition) is 2. The van der Waals surface area contributed by atoms with Crippen LogP contribution in [-0.2, 0) is 0 Å². The highest BCUT2D eigenvalue weighted by atomic mass is 79.9. The Morgan fingerprint density at radius 3 is 2.96 bits per heavy atom. The maximum Gasteiger partial charge on any atom is 0.254 e. The van der Waals surface area contributed by atoms with Crippen molar-refractivity contribution in [2.24, 2.45) is 0 Å². The fourth-order valence-electron chi connectivity index (χ4n) is 3.59. The summed E-state index contributed by atoms with van der Waals surface area (Å²) in [7, 11) is 0. The van der Waals surface area contributed by atoms with Crippen LogP contribution in [0.25, 0.3) is 0 Å². The molecule has 1 amide bonds. The van der Waals surface area contributed by atoms with Gasteiger partial charge in [-0.05, 0) is 71.7 Å². The molecule has 7 heteroatoms. The number of anilines is 2. The van der Waals surface area contributed by atoms with Gasteiger partial charge >= 0.3 is 0 Å². The number of pyridine rings is 1. The largest absolute Gasteiger partial charge is 0.332 e. The Morgan fingerprint density at radius 1 is 1.24 bits per heavy atom. The number of rotatable bonds is 2. The molecule has 2 aliphatic rings. The topological polar surface area (TPSA) is 57.3 Å². The van der Waals surface area contributed by atoms with Crippen molar-refractivity contribution in [3.8, 4) is 0 Å². The third kappa shape index (κ3) is 3.02. The van der Waals surface area contributed by atoms with Crippen molar-refractivity contribution < 1.29 is 4.79 Å². The molecule has 2 aromatic rings. The van der Waals surface area contributed by atoms with E-state index in [0.29, 0.717) is 10.9 Å². The second-order valence-corrected chi connectivity index (χ2v) is 7.45. The second-order valence-electron chi connectivity index (χ2n) is 6.19. The summed E-state index contributed by atoms with van der Waals surface area (Å²) in [5, 5.41) is 6.80. The minimum Gasteiger partial charge on any atom is -0.332 e. The molecule has 4 rings (SSSR count). The number of piperidine rings is 1. The van der Waals surface area contributed by atoms with E-state index >= 15 is 0 Å². The van der Waals surface area contributed by atoms with Gasteiger partial charge in [0.25, 0.3) is 5.91 Å². The number of halogens is 1. The molecule has 1 aromatic heterocycles. The lowest BCUT2D eigenvalue weighted by atomic mass is 9.96. The van der Waals surface area contributed by atoms with Crippen molar-refractivity contribution in [3.05, 3.63) is 52.1 Å². The van der Waals surface area contributed by atoms with Gasteiger partial charge in [0.1, 0.15) is 5.82 Å². The van der Waals surface area contributed by atoms with E-state index in [1.807, 2.05) is 35.2 Å². The lowest BCUT2D eigenvalue weighted by Gasteiger charge is -2.30. The quantitative estimate of drug-likeness (QED) is 0.713. The van der Waals surface area contributed by atoms with E-state index in [-0.39, 0.29) is 11.9 Å². The second kappa shape index (κ2) is 6.72. The van der Waals surface area contributed by atoms with Gasteiger partial charge in [-0.2, -0.15) is 0 Å². The van der Waals surface area contributed by atoms with Gasteiger partial charge in [0, 0.05) is 29.6 Å². The Balaban J connectivity index is 1.59. The van der Waals surface area contributed by atoms with E-state index in [1.165, 1.54) is 0 Å². The summed E-state index contributed by atoms with van der Waals surface area (Å²) in [5.74, 6) is 0.789. The Morgan fingerprint density at radius 2 is 2.12 bits per heavy atom. The van der Waals surface area contributed by atoms with Crippen molar-refractivity contribution in [1.82, 2.24) is 9.88 Å². The number of hydrogen-bond acceptors (Lipinski definition) is 3. The number of thiocarbonyl (C=S) groups is 1. The van der Waals surface area contributed by atoms with Gasteiger partial charge in [-0.3, -0.25) is 4.79 Å². The number of amides is 1. The summed E-state index contributed by atoms with van der Waals surface area (Å²) in [5.41, 5.74) is 2.75. The van der Waals surface area contributed by atoms with Gasteiger partial charge in [-0.15, -0.1) is 0 Å². The Hall–Kier alpha value is -1.99. The van der Waals surface area contributed by atoms with Crippen molar-refractivity contribution in [3.63, 3.8) is 0 Å². The molecular formula is C18H17BrN4OS. The molecule has 1 saturated heterocycles. The highest BCUT2D eigenvalue weighted by Gasteiger charge is 2.39. The highest BCUT2D eigenvalue weighted by Crippen LogP contribution is 2.43. The first-order valence-electron chi connectivity index (χ1n) is 8.27. The summed E-state index contributed by atoms with van der Waals surface area (Å²) >= 11 is 8.89. The van der Waals surface area contributed by atoms with E-state index in [2.05, 4.69) is 31.5 Å². The fraction of sp³-hybridized carbons (Fsp3) is 0.278. The maximum atomic E-state index is 12.6. The molecule has 0 aliphatic carbocycles. The predicted molar refractivity (Wildman–Crippen MR) is 106 cm³/mol. The zero-order chi connectivity index (χ0) is 17.4. The molecule has 3 heterocycles. The smallest absolute Gasteiger partial charge is 0.254 e. The van der Waals surface area contributed by atoms with Crippen LogP contribution in [0.1, 0.15) is 41.2 Å². The van der Waals surface area contributed by atoms with Crippen molar-refractivity contribution in [2.75, 3.05) is 17.2 Å². The Bertz CT molecular complexity index is 857. The van der Waals surface area contributed by atoms with Crippen LogP contribution < -0.4 is 10.6 Å². The third-order valence-electron chi connectivity index (χ3n) is 4.67. The van der Waals surface area contributed by atoms with E-state index in [1.54, 1.807) is 6.20 Å². The molecular weight excluding hydrogens is 400 g/mol. The molecule has 0 bridgehead atoms. The molecule has 2 N–H and O–H groups in total. The number of aromatic nitrogens is 1. The Labute approximate surface area is 159 Å². The molecule has 1 fully saturated rings. The average molecular weight is 417 g/mol. The number of nitrogens with zero attached hydrogens (tertiary/aromatic N) is 2. The lowest BCUT2D eigenvalue weighted by molar-refractivity contribution is 0.0672. The van der Waals surface area contributed by atoms with Crippen LogP contribution >= 0.6 is 28.1 Å². The van der Waals surface area contributed by atoms with Crippen molar-refractivity contribution in [2.45, 2.75) is 25.3 Å². The molecule has 128 valence electrons. The van der Waals surface area contributed by atoms with Crippen LogP contribution in [-0.4, -0.2) is 27.4 Å². The molecule has 0 spiro atoms. The van der Waals surface area contributed by atoms with Gasteiger partial charge in [0.05, 0.1) is 10.5 Å². The highest BCUT2D eigenvalue weighted by molar-refractivity contribution is 9.10. The monoisotopic (exact) mass is 416 g/mol. The fourth-order valence-corrected chi connectivity index (χ4v) is 4.15. The minimum atomic E-state index is 0.134. The average Bonchev–Trinajstić information content (AvgIpc) is 2.91. The van der Waals surface area contributed by atoms with Crippen molar-refractivity contribution >= 4 is 50.7 Å². The standard InChI is InChI=1S/C18H17BrN4OS/c19-12-6-4-9-20-16(12)22-18(25)21-13-7-3-5-11-15(13)14-8-1-2-10-23(14)17(11)24/h3-7,9,14H,1-2,8,10H2,(H2,20,21,22,25). The summed E-state index contributed by atoms with van der Waals surface area (Å²) < 4.78 is 0.839. The van der Waals surface area contributed by atoms with Gasteiger partial charge < -0.3 is 15.5 Å². The summed E-state index contributed by atoms with van der Waals surface area (Å²) in [6.07, 6.45) is 4.93. The zero-order valence-corrected chi connectivity index (χ0v) is 15.9. The molecule has 1 aromatic carbocycles. The number of carbonyl (C=O) groups excluding carboxylic acids is 1. The third-order valence-corrected chi connectivity index (χ3v) is 5.52. The van der Waals surface area contributed by atoms with E-state index < -0.39 is 0 Å². The minimum absolute atomic E-state index is 0.134. The predicted octanol–water partition coefficient (Wildman–Crippen LogP) is 4.33. The van der Waals surface area contributed by atoms with Crippen LogP contribution in [0.5, 0.6) is 0 Å². The van der Waals surface area contributed by atoms with E-state index in [0.717, 1.165) is 47.1 Å². The number of carbonyl (C=O) groups is 1. The van der Waals surface area contributed by atoms with Crippen LogP contribution in [0.15, 0.2) is 41.0 Å². The number of fused-ring (bicyclic) bond motifs is 3.